The second kappa shape index (κ2) is 6.71. The first-order chi connectivity index (χ1) is 10.0. The van der Waals surface area contributed by atoms with Gasteiger partial charge in [-0.1, -0.05) is 23.2 Å². The molecular weight excluding hydrogens is 347 g/mol. The summed E-state index contributed by atoms with van der Waals surface area (Å²) in [4.78, 5) is 13.1. The van der Waals surface area contributed by atoms with E-state index in [0.29, 0.717) is 31.7 Å². The van der Waals surface area contributed by atoms with Crippen molar-refractivity contribution in [3.8, 4) is 6.07 Å². The van der Waals surface area contributed by atoms with E-state index < -0.39 is 0 Å². The summed E-state index contributed by atoms with van der Waals surface area (Å²) in [5, 5.41) is 12.9. The molecule has 3 nitrogen and oxygen atoms in total. The second-order valence-electron chi connectivity index (χ2n) is 3.99. The topological polar surface area (TPSA) is 52.9 Å². The minimum absolute atomic E-state index is 0.181. The molecular formula is C14H10Cl2N2OS2. The number of thioether (sulfide) groups is 1. The third kappa shape index (κ3) is 3.04. The maximum atomic E-state index is 12.6. The molecule has 0 aliphatic rings. The van der Waals surface area contributed by atoms with Crippen LogP contribution >= 0.6 is 46.3 Å². The van der Waals surface area contributed by atoms with Crippen LogP contribution in [0.4, 0.5) is 5.69 Å². The highest BCUT2D eigenvalue weighted by Gasteiger charge is 2.23. The van der Waals surface area contributed by atoms with Gasteiger partial charge < -0.3 is 5.32 Å². The van der Waals surface area contributed by atoms with Gasteiger partial charge in [0, 0.05) is 12.6 Å². The molecule has 0 amide bonds. The molecule has 0 unspecified atom stereocenters. The SMILES string of the molecule is CNc1c(C(=O)c2ccc(Cl)c(Cl)c2)sc(SC)c1C#N. The smallest absolute Gasteiger partial charge is 0.205 e. The average molecular weight is 357 g/mol. The Morgan fingerprint density at radius 3 is 2.62 bits per heavy atom. The van der Waals surface area contributed by atoms with E-state index in [2.05, 4.69) is 11.4 Å². The van der Waals surface area contributed by atoms with Crippen LogP contribution in [0.25, 0.3) is 0 Å². The fourth-order valence-corrected chi connectivity index (χ4v) is 4.01. The predicted octanol–water partition coefficient (Wildman–Crippen LogP) is 4.92. The van der Waals surface area contributed by atoms with Crippen molar-refractivity contribution in [3.05, 3.63) is 44.2 Å². The Morgan fingerprint density at radius 1 is 1.38 bits per heavy atom. The average Bonchev–Trinajstić information content (AvgIpc) is 2.86. The molecule has 1 aromatic carbocycles. The Hall–Kier alpha value is -1.19. The third-order valence-corrected chi connectivity index (χ3v) is 5.86. The van der Waals surface area contributed by atoms with Gasteiger partial charge in [-0.25, -0.2) is 0 Å². The molecule has 0 bridgehead atoms. The lowest BCUT2D eigenvalue weighted by atomic mass is 10.1. The van der Waals surface area contributed by atoms with E-state index in [-0.39, 0.29) is 5.78 Å². The van der Waals surface area contributed by atoms with Gasteiger partial charge in [0.2, 0.25) is 5.78 Å². The molecule has 0 radical (unpaired) electrons. The van der Waals surface area contributed by atoms with Crippen LogP contribution in [-0.4, -0.2) is 19.1 Å². The van der Waals surface area contributed by atoms with Crippen molar-refractivity contribution in [2.24, 2.45) is 0 Å². The minimum atomic E-state index is -0.181. The van der Waals surface area contributed by atoms with Gasteiger partial charge in [0.05, 0.1) is 19.9 Å². The number of carbonyl (C=O) groups excluding carboxylic acids is 1. The molecule has 0 aliphatic carbocycles. The summed E-state index contributed by atoms with van der Waals surface area (Å²) in [5.41, 5.74) is 1.50. The maximum Gasteiger partial charge on any atom is 0.205 e. The first kappa shape index (κ1) is 16.2. The quantitative estimate of drug-likeness (QED) is 0.623. The van der Waals surface area contributed by atoms with Crippen LogP contribution in [0.5, 0.6) is 0 Å². The number of benzene rings is 1. The highest BCUT2D eigenvalue weighted by Crippen LogP contribution is 2.39. The first-order valence-electron chi connectivity index (χ1n) is 5.81. The Morgan fingerprint density at radius 2 is 2.10 bits per heavy atom. The molecule has 2 rings (SSSR count). The summed E-state index contributed by atoms with van der Waals surface area (Å²) in [6, 6.07) is 6.89. The van der Waals surface area contributed by atoms with E-state index in [4.69, 9.17) is 23.2 Å². The third-order valence-electron chi connectivity index (χ3n) is 2.81. The molecule has 1 aromatic heterocycles. The normalized spacial score (nSPS) is 10.2. The summed E-state index contributed by atoms with van der Waals surface area (Å²) >= 11 is 14.6. The summed E-state index contributed by atoms with van der Waals surface area (Å²) in [6.45, 7) is 0. The van der Waals surface area contributed by atoms with Crippen LogP contribution in [0.2, 0.25) is 10.0 Å². The number of ketones is 1. The van der Waals surface area contributed by atoms with Crippen LogP contribution in [0.15, 0.2) is 22.4 Å². The van der Waals surface area contributed by atoms with Crippen LogP contribution < -0.4 is 5.32 Å². The second-order valence-corrected chi connectivity index (χ2v) is 6.90. The Bertz CT molecular complexity index is 750. The zero-order chi connectivity index (χ0) is 15.6. The van der Waals surface area contributed by atoms with E-state index in [1.165, 1.54) is 29.2 Å². The fraction of sp³-hybridized carbons (Fsp3) is 0.143. The van der Waals surface area contributed by atoms with Crippen molar-refractivity contribution >= 4 is 57.8 Å². The number of carbonyl (C=O) groups is 1. The number of halogens is 2. The number of nitrogens with zero attached hydrogens (tertiary/aromatic N) is 1. The van der Waals surface area contributed by atoms with Gasteiger partial charge in [-0.15, -0.1) is 23.1 Å². The van der Waals surface area contributed by atoms with Gasteiger partial charge >= 0.3 is 0 Å². The molecule has 0 saturated carbocycles. The number of rotatable bonds is 4. The zero-order valence-electron chi connectivity index (χ0n) is 11.2. The first-order valence-corrected chi connectivity index (χ1v) is 8.61. The summed E-state index contributed by atoms with van der Waals surface area (Å²) < 4.78 is 0.810. The molecule has 2 aromatic rings. The number of thiophene rings is 1. The van der Waals surface area contributed by atoms with Gasteiger partial charge in [-0.2, -0.15) is 5.26 Å². The Labute approximate surface area is 140 Å². The summed E-state index contributed by atoms with van der Waals surface area (Å²) in [5.74, 6) is -0.181. The molecule has 1 N–H and O–H groups in total. The number of hydrogen-bond donors (Lipinski definition) is 1. The van der Waals surface area contributed by atoms with Crippen LogP contribution in [0, 0.1) is 11.3 Å². The lowest BCUT2D eigenvalue weighted by molar-refractivity contribution is 0.104. The van der Waals surface area contributed by atoms with Gasteiger partial charge in [-0.3, -0.25) is 4.79 Å². The fourth-order valence-electron chi connectivity index (χ4n) is 1.82. The highest BCUT2D eigenvalue weighted by molar-refractivity contribution is 8.00. The molecule has 0 atom stereocenters. The van der Waals surface area contributed by atoms with Crippen LogP contribution in [0.3, 0.4) is 0 Å². The zero-order valence-corrected chi connectivity index (χ0v) is 14.3. The molecule has 7 heteroatoms. The van der Waals surface area contributed by atoms with Crippen molar-refractivity contribution in [2.45, 2.75) is 4.21 Å². The molecule has 108 valence electrons. The van der Waals surface area contributed by atoms with Crippen LogP contribution in [-0.2, 0) is 0 Å². The van der Waals surface area contributed by atoms with E-state index >= 15 is 0 Å². The van der Waals surface area contributed by atoms with Gasteiger partial charge in [0.25, 0.3) is 0 Å². The number of nitriles is 1. The van der Waals surface area contributed by atoms with Crippen molar-refractivity contribution in [2.75, 3.05) is 18.6 Å². The Kier molecular flexibility index (Phi) is 5.17. The van der Waals surface area contributed by atoms with Crippen molar-refractivity contribution in [1.82, 2.24) is 0 Å². The molecule has 0 spiro atoms. The van der Waals surface area contributed by atoms with Crippen molar-refractivity contribution in [1.29, 1.82) is 5.26 Å². The van der Waals surface area contributed by atoms with E-state index in [9.17, 15) is 10.1 Å². The predicted molar refractivity (Wildman–Crippen MR) is 90.3 cm³/mol. The van der Waals surface area contributed by atoms with E-state index in [1.807, 2.05) is 6.26 Å². The largest absolute Gasteiger partial charge is 0.386 e. The van der Waals surface area contributed by atoms with Gasteiger partial charge in [0.15, 0.2) is 0 Å². The summed E-state index contributed by atoms with van der Waals surface area (Å²) in [7, 11) is 1.69. The molecule has 0 fully saturated rings. The molecule has 1 heterocycles. The standard InChI is InChI=1S/C14H10Cl2N2OS2/c1-18-11-8(6-17)14(20-2)21-13(11)12(19)7-3-4-9(15)10(16)5-7/h3-5,18H,1-2H3. The number of nitrogens with one attached hydrogen (secondary N) is 1. The van der Waals surface area contributed by atoms with Crippen molar-refractivity contribution < 1.29 is 4.79 Å². The molecule has 0 aliphatic heterocycles. The number of anilines is 1. The molecule has 0 saturated heterocycles. The number of hydrogen-bond acceptors (Lipinski definition) is 5. The monoisotopic (exact) mass is 356 g/mol. The lowest BCUT2D eigenvalue weighted by Gasteiger charge is -2.04. The van der Waals surface area contributed by atoms with Crippen LogP contribution in [0.1, 0.15) is 20.8 Å². The lowest BCUT2D eigenvalue weighted by Crippen LogP contribution is -2.03. The summed E-state index contributed by atoms with van der Waals surface area (Å²) in [6.07, 6.45) is 1.87. The molecule has 21 heavy (non-hydrogen) atoms. The van der Waals surface area contributed by atoms with E-state index in [0.717, 1.165) is 4.21 Å². The highest BCUT2D eigenvalue weighted by atomic mass is 35.5. The minimum Gasteiger partial charge on any atom is -0.386 e. The maximum absolute atomic E-state index is 12.6. The van der Waals surface area contributed by atoms with Crippen molar-refractivity contribution in [3.63, 3.8) is 0 Å². The van der Waals surface area contributed by atoms with Gasteiger partial charge in [-0.05, 0) is 24.5 Å². The Balaban J connectivity index is 2.55. The van der Waals surface area contributed by atoms with Gasteiger partial charge in [0.1, 0.15) is 16.5 Å². The van der Waals surface area contributed by atoms with E-state index in [1.54, 1.807) is 19.2 Å².